The van der Waals surface area contributed by atoms with Crippen LogP contribution in [0.2, 0.25) is 0 Å². The highest BCUT2D eigenvalue weighted by Crippen LogP contribution is 2.27. The molecule has 0 atom stereocenters. The Labute approximate surface area is 173 Å². The molecule has 0 bridgehead atoms. The van der Waals surface area contributed by atoms with Crippen LogP contribution in [0.1, 0.15) is 51.4 Å². The molecule has 4 rings (SSSR count). The van der Waals surface area contributed by atoms with Gasteiger partial charge in [0.05, 0.1) is 4.90 Å². The molecule has 0 spiro atoms. The number of hydrogen-bond donors (Lipinski definition) is 1. The van der Waals surface area contributed by atoms with Crippen LogP contribution in [0.4, 0.5) is 0 Å². The van der Waals surface area contributed by atoms with Gasteiger partial charge >= 0.3 is 0 Å². The molecule has 0 unspecified atom stereocenters. The van der Waals surface area contributed by atoms with Gasteiger partial charge < -0.3 is 5.32 Å². The van der Waals surface area contributed by atoms with Gasteiger partial charge in [0.15, 0.2) is 0 Å². The Morgan fingerprint density at radius 3 is 2.21 bits per heavy atom. The smallest absolute Gasteiger partial charge is 0.243 e. The lowest BCUT2D eigenvalue weighted by atomic mass is 9.96. The van der Waals surface area contributed by atoms with Crippen molar-refractivity contribution in [3.63, 3.8) is 0 Å². The maximum Gasteiger partial charge on any atom is 0.243 e. The number of benzene rings is 2. The van der Waals surface area contributed by atoms with Crippen LogP contribution in [-0.2, 0) is 14.8 Å². The number of fused-ring (bicyclic) bond motifs is 1. The van der Waals surface area contributed by atoms with Crippen molar-refractivity contribution in [1.29, 1.82) is 0 Å². The summed E-state index contributed by atoms with van der Waals surface area (Å²) < 4.78 is 27.7. The number of nitrogens with zero attached hydrogens (tertiary/aromatic N) is 1. The van der Waals surface area contributed by atoms with Crippen molar-refractivity contribution in [3.8, 4) is 0 Å². The Kier molecular flexibility index (Phi) is 6.20. The van der Waals surface area contributed by atoms with E-state index in [2.05, 4.69) is 5.32 Å². The van der Waals surface area contributed by atoms with Gasteiger partial charge in [-0.1, -0.05) is 56.0 Å². The second-order valence-corrected chi connectivity index (χ2v) is 10.3. The zero-order valence-corrected chi connectivity index (χ0v) is 17.7. The minimum atomic E-state index is -3.53. The van der Waals surface area contributed by atoms with Gasteiger partial charge in [-0.25, -0.2) is 8.42 Å². The Morgan fingerprint density at radius 2 is 1.52 bits per heavy atom. The molecule has 2 fully saturated rings. The van der Waals surface area contributed by atoms with E-state index in [-0.39, 0.29) is 11.8 Å². The Balaban J connectivity index is 1.38. The first-order valence-electron chi connectivity index (χ1n) is 10.8. The average molecular weight is 415 g/mol. The Bertz CT molecular complexity index is 957. The summed E-state index contributed by atoms with van der Waals surface area (Å²) in [6, 6.07) is 13.3. The summed E-state index contributed by atoms with van der Waals surface area (Å²) in [6.07, 6.45) is 8.22. The molecular weight excluding hydrogens is 384 g/mol. The van der Waals surface area contributed by atoms with E-state index in [1.165, 1.54) is 30.0 Å². The number of carbonyl (C=O) groups excluding carboxylic acids is 1. The summed E-state index contributed by atoms with van der Waals surface area (Å²) in [5, 5.41) is 5.18. The molecule has 1 amide bonds. The number of hydrogen-bond acceptors (Lipinski definition) is 3. The summed E-state index contributed by atoms with van der Waals surface area (Å²) in [7, 11) is -3.53. The first-order chi connectivity index (χ1) is 14.0. The lowest BCUT2D eigenvalue weighted by Crippen LogP contribution is -2.45. The molecule has 1 saturated heterocycles. The highest BCUT2D eigenvalue weighted by atomic mass is 32.2. The van der Waals surface area contributed by atoms with Crippen molar-refractivity contribution in [1.82, 2.24) is 9.62 Å². The Hall–Kier alpha value is -1.92. The van der Waals surface area contributed by atoms with Crippen molar-refractivity contribution < 1.29 is 13.2 Å². The molecule has 1 saturated carbocycles. The van der Waals surface area contributed by atoms with Crippen molar-refractivity contribution in [3.05, 3.63) is 42.5 Å². The highest BCUT2D eigenvalue weighted by molar-refractivity contribution is 7.89. The molecule has 29 heavy (non-hydrogen) atoms. The zero-order chi connectivity index (χ0) is 20.3. The number of nitrogens with one attached hydrogen (secondary N) is 1. The van der Waals surface area contributed by atoms with Crippen molar-refractivity contribution >= 4 is 26.7 Å². The van der Waals surface area contributed by atoms with E-state index >= 15 is 0 Å². The van der Waals surface area contributed by atoms with E-state index in [9.17, 15) is 13.2 Å². The molecule has 0 radical (unpaired) electrons. The second-order valence-electron chi connectivity index (χ2n) is 8.38. The summed E-state index contributed by atoms with van der Waals surface area (Å²) in [4.78, 5) is 13.0. The summed E-state index contributed by atoms with van der Waals surface area (Å²) in [5.41, 5.74) is 0. The Morgan fingerprint density at radius 1 is 0.862 bits per heavy atom. The molecule has 1 aliphatic heterocycles. The van der Waals surface area contributed by atoms with Gasteiger partial charge in [0.25, 0.3) is 0 Å². The van der Waals surface area contributed by atoms with E-state index in [0.717, 1.165) is 23.6 Å². The van der Waals surface area contributed by atoms with E-state index in [4.69, 9.17) is 0 Å². The maximum atomic E-state index is 13.1. The number of amides is 1. The van der Waals surface area contributed by atoms with Crippen molar-refractivity contribution in [2.45, 2.75) is 62.3 Å². The minimum Gasteiger partial charge on any atom is -0.353 e. The molecule has 0 aromatic heterocycles. The number of carbonyl (C=O) groups is 1. The molecule has 1 heterocycles. The standard InChI is InChI=1S/C23H30N2O3S/c26-23(24-21-9-3-1-2-4-10-21)19-13-15-25(16-14-19)29(27,28)22-12-11-18-7-5-6-8-20(18)17-22/h5-8,11-12,17,19,21H,1-4,9-10,13-16H2,(H,24,26). The molecule has 5 nitrogen and oxygen atoms in total. The van der Waals surface area contributed by atoms with Gasteiger partial charge in [-0.2, -0.15) is 4.31 Å². The highest BCUT2D eigenvalue weighted by Gasteiger charge is 2.32. The van der Waals surface area contributed by atoms with Crippen molar-refractivity contribution in [2.24, 2.45) is 5.92 Å². The third-order valence-electron chi connectivity index (χ3n) is 6.38. The lowest BCUT2D eigenvalue weighted by Gasteiger charge is -2.31. The van der Waals surface area contributed by atoms with Gasteiger partial charge in [0.2, 0.25) is 15.9 Å². The van der Waals surface area contributed by atoms with Gasteiger partial charge in [-0.05, 0) is 48.6 Å². The van der Waals surface area contributed by atoms with Crippen LogP contribution < -0.4 is 5.32 Å². The molecule has 2 aliphatic rings. The lowest BCUT2D eigenvalue weighted by molar-refractivity contribution is -0.126. The van der Waals surface area contributed by atoms with Crippen LogP contribution in [0.25, 0.3) is 10.8 Å². The molecule has 6 heteroatoms. The maximum absolute atomic E-state index is 13.1. The number of sulfonamides is 1. The third kappa shape index (κ3) is 4.64. The fraction of sp³-hybridized carbons (Fsp3) is 0.522. The van der Waals surface area contributed by atoms with Crippen LogP contribution in [0, 0.1) is 5.92 Å². The van der Waals surface area contributed by atoms with Crippen LogP contribution in [0.3, 0.4) is 0 Å². The van der Waals surface area contributed by atoms with E-state index in [1.807, 2.05) is 30.3 Å². The third-order valence-corrected chi connectivity index (χ3v) is 8.28. The first kappa shape index (κ1) is 20.4. The largest absolute Gasteiger partial charge is 0.353 e. The van der Waals surface area contributed by atoms with Crippen LogP contribution >= 0.6 is 0 Å². The first-order valence-corrected chi connectivity index (χ1v) is 12.3. The number of piperidine rings is 1. The summed E-state index contributed by atoms with van der Waals surface area (Å²) in [5.74, 6) is 0.0287. The predicted molar refractivity (Wildman–Crippen MR) is 115 cm³/mol. The fourth-order valence-electron chi connectivity index (χ4n) is 4.58. The SMILES string of the molecule is O=C(NC1CCCCCC1)C1CCN(S(=O)(=O)c2ccc3ccccc3c2)CC1. The fourth-order valence-corrected chi connectivity index (χ4v) is 6.08. The van der Waals surface area contributed by atoms with Gasteiger partial charge in [-0.3, -0.25) is 4.79 Å². The van der Waals surface area contributed by atoms with Crippen LogP contribution in [-0.4, -0.2) is 37.8 Å². The molecule has 1 N–H and O–H groups in total. The number of rotatable bonds is 4. The minimum absolute atomic E-state index is 0.0821. The molecule has 1 aliphatic carbocycles. The van der Waals surface area contributed by atoms with Crippen LogP contribution in [0.5, 0.6) is 0 Å². The zero-order valence-electron chi connectivity index (χ0n) is 16.8. The van der Waals surface area contributed by atoms with E-state index in [0.29, 0.717) is 36.9 Å². The monoisotopic (exact) mass is 414 g/mol. The molecule has 2 aromatic rings. The van der Waals surface area contributed by atoms with Crippen LogP contribution in [0.15, 0.2) is 47.4 Å². The van der Waals surface area contributed by atoms with Crippen molar-refractivity contribution in [2.75, 3.05) is 13.1 Å². The molecule has 156 valence electrons. The predicted octanol–water partition coefficient (Wildman–Crippen LogP) is 4.08. The van der Waals surface area contributed by atoms with Gasteiger partial charge in [0.1, 0.15) is 0 Å². The normalized spacial score (nSPS) is 20.4. The van der Waals surface area contributed by atoms with E-state index in [1.54, 1.807) is 12.1 Å². The van der Waals surface area contributed by atoms with Gasteiger partial charge in [0, 0.05) is 25.0 Å². The molecule has 2 aromatic carbocycles. The summed E-state index contributed by atoms with van der Waals surface area (Å²) >= 11 is 0. The van der Waals surface area contributed by atoms with E-state index < -0.39 is 10.0 Å². The second kappa shape index (κ2) is 8.84. The van der Waals surface area contributed by atoms with Gasteiger partial charge in [-0.15, -0.1) is 0 Å². The quantitative estimate of drug-likeness (QED) is 0.767. The average Bonchev–Trinajstić information content (AvgIpc) is 3.02. The molecular formula is C23H30N2O3S. The summed E-state index contributed by atoms with van der Waals surface area (Å²) in [6.45, 7) is 0.801. The topological polar surface area (TPSA) is 66.5 Å².